The molecule has 1 rings (SSSR count). The van der Waals surface area contributed by atoms with Gasteiger partial charge in [-0.1, -0.05) is 13.8 Å². The molecule has 2 N–H and O–H groups in total. The van der Waals surface area contributed by atoms with Crippen LogP contribution in [0.5, 0.6) is 0 Å². The van der Waals surface area contributed by atoms with Gasteiger partial charge in [0.2, 0.25) is 0 Å². The smallest absolute Gasteiger partial charge is 0.136 e. The minimum absolute atomic E-state index is 0.350. The van der Waals surface area contributed by atoms with Crippen molar-refractivity contribution in [2.45, 2.75) is 27.2 Å². The number of nitrogens with two attached hydrogens (primary N) is 1. The van der Waals surface area contributed by atoms with Crippen molar-refractivity contribution in [3.63, 3.8) is 0 Å². The fourth-order valence-corrected chi connectivity index (χ4v) is 1.15. The molecule has 1 unspecified atom stereocenters. The number of imidazole rings is 1. The zero-order valence-electron chi connectivity index (χ0n) is 11.8. The molecule has 0 aliphatic rings. The number of hydrogen-bond donors (Lipinski definition) is 1. The zero-order valence-corrected chi connectivity index (χ0v) is 13.0. The molecule has 1 aromatic rings. The molecule has 0 fully saturated rings. The second-order valence-corrected chi connectivity index (χ2v) is 3.18. The summed E-state index contributed by atoms with van der Waals surface area (Å²) in [6.45, 7) is 5.83. The standard InChI is InChI=1S/C9H13N2O2P.C2H6.CH5N/c1-7(13-14)5-9-10-8(3-4-12)6-11(9)2;2*1-2/h4-6H,3,14H2,1-2H3;1-2H3;2H2,1H3/b7-5+;;. The van der Waals surface area contributed by atoms with Crippen molar-refractivity contribution in [3.8, 4) is 0 Å². The van der Waals surface area contributed by atoms with Gasteiger partial charge in [-0.3, -0.25) is 0 Å². The first-order valence-corrected chi connectivity index (χ1v) is 6.23. The first-order valence-electron chi connectivity index (χ1n) is 5.76. The molecule has 6 heteroatoms. The minimum atomic E-state index is 0.350. The highest BCUT2D eigenvalue weighted by atomic mass is 31.0. The lowest BCUT2D eigenvalue weighted by molar-refractivity contribution is -0.107. The van der Waals surface area contributed by atoms with Crippen LogP contribution >= 0.6 is 9.47 Å². The van der Waals surface area contributed by atoms with Crippen molar-refractivity contribution in [2.75, 3.05) is 7.05 Å². The van der Waals surface area contributed by atoms with Gasteiger partial charge in [0.05, 0.1) is 20.9 Å². The molecule has 0 aliphatic heterocycles. The van der Waals surface area contributed by atoms with Crippen LogP contribution in [0, 0.1) is 0 Å². The van der Waals surface area contributed by atoms with Gasteiger partial charge >= 0.3 is 0 Å². The molecule has 0 spiro atoms. The van der Waals surface area contributed by atoms with E-state index in [-0.39, 0.29) is 0 Å². The van der Waals surface area contributed by atoms with Crippen molar-refractivity contribution in [1.82, 2.24) is 9.55 Å². The van der Waals surface area contributed by atoms with Gasteiger partial charge in [0.1, 0.15) is 12.1 Å². The lowest BCUT2D eigenvalue weighted by Crippen LogP contribution is -1.90. The van der Waals surface area contributed by atoms with Crippen LogP contribution < -0.4 is 5.73 Å². The number of rotatable bonds is 4. The lowest BCUT2D eigenvalue weighted by Gasteiger charge is -1.97. The SMILES string of the molecule is C/C(=C\c1nc(CC=O)cn1C)OP.CC.CN. The van der Waals surface area contributed by atoms with Crippen LogP contribution in [0.25, 0.3) is 6.08 Å². The van der Waals surface area contributed by atoms with Crippen LogP contribution in [0.1, 0.15) is 32.3 Å². The Balaban J connectivity index is 0. The van der Waals surface area contributed by atoms with Crippen LogP contribution in [-0.4, -0.2) is 22.9 Å². The number of carbonyl (C=O) groups excluding carboxylic acids is 1. The molecular formula is C12H24N3O2P. The third-order valence-corrected chi connectivity index (χ3v) is 2.14. The monoisotopic (exact) mass is 273 g/mol. The second kappa shape index (κ2) is 12.3. The molecule has 18 heavy (non-hydrogen) atoms. The summed E-state index contributed by atoms with van der Waals surface area (Å²) in [4.78, 5) is 14.5. The van der Waals surface area contributed by atoms with E-state index in [2.05, 4.69) is 20.2 Å². The summed E-state index contributed by atoms with van der Waals surface area (Å²) in [6.07, 6.45) is 4.83. The summed E-state index contributed by atoms with van der Waals surface area (Å²) in [5.41, 5.74) is 5.27. The van der Waals surface area contributed by atoms with Crippen molar-refractivity contribution < 1.29 is 9.32 Å². The molecule has 0 aliphatic carbocycles. The number of allylic oxidation sites excluding steroid dienone is 1. The van der Waals surface area contributed by atoms with Crippen LogP contribution in [0.2, 0.25) is 0 Å². The van der Waals surface area contributed by atoms with Gasteiger partial charge in [0, 0.05) is 25.7 Å². The van der Waals surface area contributed by atoms with Gasteiger partial charge < -0.3 is 19.6 Å². The van der Waals surface area contributed by atoms with Gasteiger partial charge in [-0.15, -0.1) is 0 Å². The average Bonchev–Trinajstić information content (AvgIpc) is 2.75. The normalized spacial score (nSPS) is 9.61. The summed E-state index contributed by atoms with van der Waals surface area (Å²) in [5, 5.41) is 0. The maximum absolute atomic E-state index is 10.3. The van der Waals surface area contributed by atoms with Crippen LogP contribution in [0.3, 0.4) is 0 Å². The van der Waals surface area contributed by atoms with Gasteiger partial charge in [0.15, 0.2) is 0 Å². The molecule has 5 nitrogen and oxygen atoms in total. The summed E-state index contributed by atoms with van der Waals surface area (Å²) in [7, 11) is 5.55. The fourth-order valence-electron chi connectivity index (χ4n) is 1.08. The Kier molecular flexibility index (Phi) is 13.1. The molecule has 0 saturated carbocycles. The van der Waals surface area contributed by atoms with E-state index < -0.39 is 0 Å². The first kappa shape index (κ1) is 19.2. The second-order valence-electron chi connectivity index (χ2n) is 2.94. The third-order valence-electron chi connectivity index (χ3n) is 1.77. The molecule has 0 bridgehead atoms. The maximum atomic E-state index is 10.3. The Morgan fingerprint density at radius 2 is 2.11 bits per heavy atom. The highest BCUT2D eigenvalue weighted by molar-refractivity contribution is 7.10. The molecule has 104 valence electrons. The predicted molar refractivity (Wildman–Crippen MR) is 78.9 cm³/mol. The number of carbonyl (C=O) groups is 1. The summed E-state index contributed by atoms with van der Waals surface area (Å²) >= 11 is 0. The summed E-state index contributed by atoms with van der Waals surface area (Å²) in [5.74, 6) is 1.53. The highest BCUT2D eigenvalue weighted by Crippen LogP contribution is 2.09. The molecule has 0 radical (unpaired) electrons. The molecule has 0 amide bonds. The van der Waals surface area contributed by atoms with Crippen molar-refractivity contribution in [3.05, 3.63) is 23.5 Å². The van der Waals surface area contributed by atoms with E-state index in [1.54, 1.807) is 6.08 Å². The quantitative estimate of drug-likeness (QED) is 0.517. The minimum Gasteiger partial charge on any atom is -0.485 e. The van der Waals surface area contributed by atoms with Crippen molar-refractivity contribution in [1.29, 1.82) is 0 Å². The van der Waals surface area contributed by atoms with Gasteiger partial charge in [0.25, 0.3) is 0 Å². The topological polar surface area (TPSA) is 70.1 Å². The van der Waals surface area contributed by atoms with Crippen molar-refractivity contribution in [2.24, 2.45) is 12.8 Å². The maximum Gasteiger partial charge on any atom is 0.136 e. The fraction of sp³-hybridized carbons (Fsp3) is 0.500. The van der Waals surface area contributed by atoms with Gasteiger partial charge in [-0.2, -0.15) is 0 Å². The highest BCUT2D eigenvalue weighted by Gasteiger charge is 2.02. The van der Waals surface area contributed by atoms with E-state index in [1.165, 1.54) is 7.05 Å². The first-order chi connectivity index (χ1) is 8.67. The van der Waals surface area contributed by atoms with E-state index >= 15 is 0 Å². The number of aromatic nitrogens is 2. The van der Waals surface area contributed by atoms with E-state index in [9.17, 15) is 4.79 Å². The van der Waals surface area contributed by atoms with Crippen molar-refractivity contribution >= 4 is 21.8 Å². The van der Waals surface area contributed by atoms with E-state index in [0.29, 0.717) is 6.42 Å². The van der Waals surface area contributed by atoms with Crippen LogP contribution in [0.4, 0.5) is 0 Å². The van der Waals surface area contributed by atoms with Crippen LogP contribution in [0.15, 0.2) is 12.0 Å². The molecule has 0 saturated heterocycles. The number of hydrogen-bond acceptors (Lipinski definition) is 4. The Bertz CT molecular complexity index is 362. The van der Waals surface area contributed by atoms with E-state index in [0.717, 1.165) is 23.6 Å². The summed E-state index contributed by atoms with van der Waals surface area (Å²) in [6, 6.07) is 0. The van der Waals surface area contributed by atoms with E-state index in [4.69, 9.17) is 4.52 Å². The predicted octanol–water partition coefficient (Wildman–Crippen LogP) is 1.93. The molecule has 0 aromatic carbocycles. The Morgan fingerprint density at radius 1 is 1.56 bits per heavy atom. The average molecular weight is 273 g/mol. The number of nitrogens with zero attached hydrogens (tertiary/aromatic N) is 2. The zero-order chi connectivity index (χ0) is 14.6. The largest absolute Gasteiger partial charge is 0.485 e. The number of aldehydes is 1. The molecule has 1 aromatic heterocycles. The van der Waals surface area contributed by atoms with E-state index in [1.807, 2.05) is 38.6 Å². The van der Waals surface area contributed by atoms with Crippen LogP contribution in [-0.2, 0) is 22.8 Å². The Labute approximate surface area is 112 Å². The molecule has 1 atom stereocenters. The number of aryl methyl sites for hydroxylation is 1. The third kappa shape index (κ3) is 7.20. The van der Waals surface area contributed by atoms with Gasteiger partial charge in [-0.05, 0) is 14.0 Å². The Morgan fingerprint density at radius 3 is 2.56 bits per heavy atom. The Hall–Kier alpha value is -1.19. The molecule has 1 heterocycles. The lowest BCUT2D eigenvalue weighted by atomic mass is 10.4. The summed E-state index contributed by atoms with van der Waals surface area (Å²) < 4.78 is 6.79. The molecular weight excluding hydrogens is 249 g/mol. The van der Waals surface area contributed by atoms with Gasteiger partial charge in [-0.25, -0.2) is 4.98 Å².